The molecule has 1 unspecified atom stereocenters. The van der Waals surface area contributed by atoms with Crippen LogP contribution < -0.4 is 10.6 Å². The van der Waals surface area contributed by atoms with E-state index < -0.39 is 6.04 Å². The highest BCUT2D eigenvalue weighted by Gasteiger charge is 2.18. The number of anilines is 1. The molecule has 1 atom stereocenters. The Kier molecular flexibility index (Phi) is 6.06. The summed E-state index contributed by atoms with van der Waals surface area (Å²) in [4.78, 5) is 14.0. The van der Waals surface area contributed by atoms with Crippen molar-refractivity contribution in [1.29, 1.82) is 0 Å². The SMILES string of the molecule is CCOC(=O)C(N)Cc1ccc(N2CCCCC2)cc1Br. The molecule has 0 radical (unpaired) electrons. The molecule has 1 aliphatic heterocycles. The molecule has 1 fully saturated rings. The second kappa shape index (κ2) is 7.80. The van der Waals surface area contributed by atoms with Crippen LogP contribution in [0.3, 0.4) is 0 Å². The molecule has 4 nitrogen and oxygen atoms in total. The van der Waals surface area contributed by atoms with Crippen molar-refractivity contribution in [3.63, 3.8) is 0 Å². The average molecular weight is 355 g/mol. The fourth-order valence-electron chi connectivity index (χ4n) is 2.62. The van der Waals surface area contributed by atoms with E-state index in [9.17, 15) is 4.79 Å². The smallest absolute Gasteiger partial charge is 0.323 e. The van der Waals surface area contributed by atoms with E-state index in [2.05, 4.69) is 33.0 Å². The molecule has 0 saturated carbocycles. The normalized spacial score (nSPS) is 16.6. The van der Waals surface area contributed by atoms with E-state index in [0.29, 0.717) is 13.0 Å². The summed E-state index contributed by atoms with van der Waals surface area (Å²) >= 11 is 3.60. The highest BCUT2D eigenvalue weighted by Crippen LogP contribution is 2.27. The lowest BCUT2D eigenvalue weighted by Gasteiger charge is -2.29. The van der Waals surface area contributed by atoms with Gasteiger partial charge in [0.05, 0.1) is 6.61 Å². The Morgan fingerprint density at radius 2 is 2.10 bits per heavy atom. The third kappa shape index (κ3) is 4.45. The van der Waals surface area contributed by atoms with Crippen molar-refractivity contribution < 1.29 is 9.53 Å². The van der Waals surface area contributed by atoms with Gasteiger partial charge in [-0.25, -0.2) is 0 Å². The van der Waals surface area contributed by atoms with Gasteiger partial charge in [-0.1, -0.05) is 22.0 Å². The quantitative estimate of drug-likeness (QED) is 0.826. The number of benzene rings is 1. The topological polar surface area (TPSA) is 55.6 Å². The summed E-state index contributed by atoms with van der Waals surface area (Å²) in [7, 11) is 0. The van der Waals surface area contributed by atoms with E-state index in [1.165, 1.54) is 24.9 Å². The fourth-order valence-corrected chi connectivity index (χ4v) is 3.15. The molecule has 1 saturated heterocycles. The van der Waals surface area contributed by atoms with Crippen LogP contribution in [0.4, 0.5) is 5.69 Å². The predicted octanol–water partition coefficient (Wildman–Crippen LogP) is 2.87. The maximum absolute atomic E-state index is 11.6. The molecule has 1 aromatic carbocycles. The van der Waals surface area contributed by atoms with Gasteiger partial charge in [0, 0.05) is 23.2 Å². The number of rotatable bonds is 5. The van der Waals surface area contributed by atoms with Crippen LogP contribution in [0.1, 0.15) is 31.7 Å². The lowest BCUT2D eigenvalue weighted by atomic mass is 10.0. The van der Waals surface area contributed by atoms with Gasteiger partial charge in [0.25, 0.3) is 0 Å². The van der Waals surface area contributed by atoms with Crippen LogP contribution in [-0.2, 0) is 16.0 Å². The lowest BCUT2D eigenvalue weighted by Crippen LogP contribution is -2.34. The van der Waals surface area contributed by atoms with Crippen LogP contribution in [0, 0.1) is 0 Å². The van der Waals surface area contributed by atoms with E-state index in [1.807, 2.05) is 6.07 Å². The van der Waals surface area contributed by atoms with Gasteiger partial charge in [0.2, 0.25) is 0 Å². The molecule has 0 spiro atoms. The molecular formula is C16H23BrN2O2. The first-order valence-corrected chi connectivity index (χ1v) is 8.36. The largest absolute Gasteiger partial charge is 0.465 e. The Labute approximate surface area is 134 Å². The van der Waals surface area contributed by atoms with Gasteiger partial charge in [0.15, 0.2) is 0 Å². The zero-order valence-corrected chi connectivity index (χ0v) is 14.1. The minimum absolute atomic E-state index is 0.343. The van der Waals surface area contributed by atoms with Crippen LogP contribution in [-0.4, -0.2) is 31.7 Å². The number of nitrogens with two attached hydrogens (primary N) is 1. The highest BCUT2D eigenvalue weighted by molar-refractivity contribution is 9.10. The third-order valence-corrected chi connectivity index (χ3v) is 4.53. The van der Waals surface area contributed by atoms with E-state index in [4.69, 9.17) is 10.5 Å². The van der Waals surface area contributed by atoms with Gasteiger partial charge < -0.3 is 15.4 Å². The van der Waals surface area contributed by atoms with Crippen LogP contribution >= 0.6 is 15.9 Å². The Morgan fingerprint density at radius 3 is 2.71 bits per heavy atom. The molecule has 2 rings (SSSR count). The molecule has 2 N–H and O–H groups in total. The lowest BCUT2D eigenvalue weighted by molar-refractivity contribution is -0.144. The molecule has 1 heterocycles. The van der Waals surface area contributed by atoms with E-state index in [1.54, 1.807) is 6.92 Å². The Morgan fingerprint density at radius 1 is 1.38 bits per heavy atom. The number of carbonyl (C=O) groups excluding carboxylic acids is 1. The fraction of sp³-hybridized carbons (Fsp3) is 0.562. The maximum Gasteiger partial charge on any atom is 0.323 e. The molecule has 0 amide bonds. The minimum atomic E-state index is -0.609. The van der Waals surface area contributed by atoms with Gasteiger partial charge in [-0.15, -0.1) is 0 Å². The molecule has 21 heavy (non-hydrogen) atoms. The van der Waals surface area contributed by atoms with E-state index in [-0.39, 0.29) is 5.97 Å². The first kappa shape index (κ1) is 16.3. The van der Waals surface area contributed by atoms with Crippen LogP contribution in [0.5, 0.6) is 0 Å². The van der Waals surface area contributed by atoms with E-state index >= 15 is 0 Å². The van der Waals surface area contributed by atoms with Crippen molar-refractivity contribution in [2.75, 3.05) is 24.6 Å². The number of hydrogen-bond acceptors (Lipinski definition) is 4. The zero-order chi connectivity index (χ0) is 15.2. The molecule has 116 valence electrons. The number of piperidine rings is 1. The number of ether oxygens (including phenoxy) is 1. The highest BCUT2D eigenvalue weighted by atomic mass is 79.9. The molecular weight excluding hydrogens is 332 g/mol. The van der Waals surface area contributed by atoms with Crippen molar-refractivity contribution in [1.82, 2.24) is 0 Å². The molecule has 0 aromatic heterocycles. The maximum atomic E-state index is 11.6. The zero-order valence-electron chi connectivity index (χ0n) is 12.5. The predicted molar refractivity (Wildman–Crippen MR) is 88.5 cm³/mol. The number of carbonyl (C=O) groups is 1. The van der Waals surface area contributed by atoms with Crippen LogP contribution in [0.2, 0.25) is 0 Å². The van der Waals surface area contributed by atoms with Crippen LogP contribution in [0.15, 0.2) is 22.7 Å². The van der Waals surface area contributed by atoms with Crippen molar-refractivity contribution >= 4 is 27.6 Å². The number of nitrogens with zero attached hydrogens (tertiary/aromatic N) is 1. The Bertz CT molecular complexity index is 487. The molecule has 0 aliphatic carbocycles. The third-order valence-electron chi connectivity index (χ3n) is 3.79. The molecule has 0 bridgehead atoms. The minimum Gasteiger partial charge on any atom is -0.465 e. The summed E-state index contributed by atoms with van der Waals surface area (Å²) < 4.78 is 5.95. The second-order valence-corrected chi connectivity index (χ2v) is 6.24. The summed E-state index contributed by atoms with van der Waals surface area (Å²) in [5.74, 6) is -0.343. The van der Waals surface area contributed by atoms with Crippen molar-refractivity contribution in [3.8, 4) is 0 Å². The number of esters is 1. The number of halogens is 1. The standard InChI is InChI=1S/C16H23BrN2O2/c1-2-21-16(20)15(18)10-12-6-7-13(11-14(12)17)19-8-4-3-5-9-19/h6-7,11,15H,2-5,8-10,18H2,1H3. The number of hydrogen-bond donors (Lipinski definition) is 1. The van der Waals surface area contributed by atoms with Crippen LogP contribution in [0.25, 0.3) is 0 Å². The average Bonchev–Trinajstić information content (AvgIpc) is 2.50. The van der Waals surface area contributed by atoms with Gasteiger partial charge >= 0.3 is 5.97 Å². The van der Waals surface area contributed by atoms with Gasteiger partial charge in [-0.2, -0.15) is 0 Å². The first-order valence-electron chi connectivity index (χ1n) is 7.57. The van der Waals surface area contributed by atoms with Crippen molar-refractivity contribution in [2.45, 2.75) is 38.6 Å². The summed E-state index contributed by atoms with van der Waals surface area (Å²) in [6.45, 7) is 4.39. The van der Waals surface area contributed by atoms with Gasteiger partial charge in [-0.3, -0.25) is 4.79 Å². The Balaban J connectivity index is 2.03. The summed E-state index contributed by atoms with van der Waals surface area (Å²) in [5, 5.41) is 0. The summed E-state index contributed by atoms with van der Waals surface area (Å²) in [5.41, 5.74) is 8.15. The molecule has 5 heteroatoms. The van der Waals surface area contributed by atoms with Gasteiger partial charge in [-0.05, 0) is 50.3 Å². The Hall–Kier alpha value is -1.07. The van der Waals surface area contributed by atoms with Crippen molar-refractivity contribution in [3.05, 3.63) is 28.2 Å². The first-order chi connectivity index (χ1) is 10.1. The molecule has 1 aromatic rings. The molecule has 1 aliphatic rings. The monoisotopic (exact) mass is 354 g/mol. The van der Waals surface area contributed by atoms with Gasteiger partial charge in [0.1, 0.15) is 6.04 Å². The van der Waals surface area contributed by atoms with E-state index in [0.717, 1.165) is 23.1 Å². The summed E-state index contributed by atoms with van der Waals surface area (Å²) in [6, 6.07) is 5.68. The summed E-state index contributed by atoms with van der Waals surface area (Å²) in [6.07, 6.45) is 4.32. The second-order valence-electron chi connectivity index (χ2n) is 5.39. The van der Waals surface area contributed by atoms with Crippen molar-refractivity contribution in [2.24, 2.45) is 5.73 Å².